The molecule has 16 heavy (non-hydrogen) atoms. The minimum Gasteiger partial charge on any atom is -0.380 e. The molecule has 1 N–H and O–H groups in total. The van der Waals surface area contributed by atoms with E-state index in [1.807, 2.05) is 13.1 Å². The molecular formula is C12H9NOS2. The number of anilines is 1. The van der Waals surface area contributed by atoms with E-state index in [2.05, 4.69) is 23.5 Å². The molecule has 0 aliphatic carbocycles. The van der Waals surface area contributed by atoms with Crippen molar-refractivity contribution < 1.29 is 4.79 Å². The summed E-state index contributed by atoms with van der Waals surface area (Å²) in [7, 11) is 1.93. The highest BCUT2D eigenvalue weighted by atomic mass is 32.1. The Hall–Kier alpha value is -1.39. The van der Waals surface area contributed by atoms with Crippen molar-refractivity contribution in [1.29, 1.82) is 0 Å². The molecule has 0 radical (unpaired) electrons. The number of benzene rings is 1. The van der Waals surface area contributed by atoms with Crippen LogP contribution in [0.15, 0.2) is 24.3 Å². The Labute approximate surface area is 101 Å². The fourth-order valence-corrected chi connectivity index (χ4v) is 3.69. The average Bonchev–Trinajstić information content (AvgIpc) is 2.86. The molecule has 0 aliphatic rings. The quantitative estimate of drug-likeness (QED) is 0.694. The first-order chi connectivity index (χ1) is 7.80. The van der Waals surface area contributed by atoms with Crippen LogP contribution in [-0.2, 0) is 0 Å². The molecule has 0 bridgehead atoms. The monoisotopic (exact) mass is 247 g/mol. The van der Waals surface area contributed by atoms with E-state index < -0.39 is 0 Å². The maximum Gasteiger partial charge on any atom is 0.160 e. The lowest BCUT2D eigenvalue weighted by molar-refractivity contribution is 0.112. The summed E-state index contributed by atoms with van der Waals surface area (Å²) in [5.41, 5.74) is 0. The van der Waals surface area contributed by atoms with Crippen LogP contribution in [0, 0.1) is 0 Å². The molecule has 0 amide bonds. The highest BCUT2D eigenvalue weighted by Gasteiger charge is 2.05. The van der Waals surface area contributed by atoms with Crippen molar-refractivity contribution >= 4 is 54.1 Å². The van der Waals surface area contributed by atoms with Gasteiger partial charge in [-0.1, -0.05) is 0 Å². The van der Waals surface area contributed by atoms with Crippen LogP contribution in [0.1, 0.15) is 9.67 Å². The summed E-state index contributed by atoms with van der Waals surface area (Å²) in [6.07, 6.45) is 0.914. The zero-order valence-corrected chi connectivity index (χ0v) is 10.2. The number of thiophene rings is 2. The van der Waals surface area contributed by atoms with Gasteiger partial charge in [-0.2, -0.15) is 0 Å². The molecule has 2 aromatic heterocycles. The molecule has 0 atom stereocenters. The van der Waals surface area contributed by atoms with E-state index in [0.29, 0.717) is 0 Å². The molecule has 0 spiro atoms. The molecule has 3 aromatic rings. The van der Waals surface area contributed by atoms with E-state index in [-0.39, 0.29) is 0 Å². The Balaban J connectivity index is 2.32. The van der Waals surface area contributed by atoms with E-state index in [4.69, 9.17) is 0 Å². The van der Waals surface area contributed by atoms with Crippen LogP contribution in [0.5, 0.6) is 0 Å². The lowest BCUT2D eigenvalue weighted by Crippen LogP contribution is -1.79. The average molecular weight is 247 g/mol. The van der Waals surface area contributed by atoms with Gasteiger partial charge in [0, 0.05) is 16.4 Å². The van der Waals surface area contributed by atoms with E-state index in [1.54, 1.807) is 22.7 Å². The second kappa shape index (κ2) is 3.57. The lowest BCUT2D eigenvalue weighted by atomic mass is 10.2. The largest absolute Gasteiger partial charge is 0.380 e. The van der Waals surface area contributed by atoms with Crippen LogP contribution in [-0.4, -0.2) is 13.3 Å². The van der Waals surface area contributed by atoms with Crippen molar-refractivity contribution in [2.75, 3.05) is 12.4 Å². The fourth-order valence-electron chi connectivity index (χ4n) is 1.78. The molecule has 0 fully saturated rings. The van der Waals surface area contributed by atoms with Gasteiger partial charge < -0.3 is 5.32 Å². The zero-order chi connectivity index (χ0) is 11.1. The van der Waals surface area contributed by atoms with Crippen LogP contribution in [0.4, 0.5) is 5.00 Å². The predicted octanol–water partition coefficient (Wildman–Crippen LogP) is 3.97. The Morgan fingerprint density at radius 3 is 2.56 bits per heavy atom. The summed E-state index contributed by atoms with van der Waals surface area (Å²) in [5.74, 6) is 0. The van der Waals surface area contributed by atoms with Gasteiger partial charge in [-0.3, -0.25) is 4.79 Å². The Bertz CT molecular complexity index is 630. The first-order valence-electron chi connectivity index (χ1n) is 4.90. The van der Waals surface area contributed by atoms with Crippen LogP contribution in [0.25, 0.3) is 20.2 Å². The number of rotatable bonds is 2. The summed E-state index contributed by atoms with van der Waals surface area (Å²) in [5, 5.41) is 6.71. The van der Waals surface area contributed by atoms with Crippen molar-refractivity contribution in [1.82, 2.24) is 0 Å². The first kappa shape index (κ1) is 9.81. The lowest BCUT2D eigenvalue weighted by Gasteiger charge is -1.89. The van der Waals surface area contributed by atoms with Crippen molar-refractivity contribution in [3.05, 3.63) is 29.1 Å². The second-order valence-corrected chi connectivity index (χ2v) is 5.75. The maximum atomic E-state index is 10.7. The van der Waals surface area contributed by atoms with E-state index in [1.165, 1.54) is 19.8 Å². The molecule has 0 unspecified atom stereocenters. The van der Waals surface area contributed by atoms with Crippen LogP contribution >= 0.6 is 22.7 Å². The van der Waals surface area contributed by atoms with Crippen LogP contribution in [0.3, 0.4) is 0 Å². The highest BCUT2D eigenvalue weighted by molar-refractivity contribution is 7.24. The van der Waals surface area contributed by atoms with Gasteiger partial charge in [0.25, 0.3) is 0 Å². The fraction of sp³-hybridized carbons (Fsp3) is 0.0833. The topological polar surface area (TPSA) is 29.1 Å². The first-order valence-corrected chi connectivity index (χ1v) is 6.53. The molecule has 2 nitrogen and oxygen atoms in total. The number of aldehydes is 1. The molecule has 3 rings (SSSR count). The van der Waals surface area contributed by atoms with Crippen molar-refractivity contribution in [2.45, 2.75) is 0 Å². The third kappa shape index (κ3) is 1.42. The van der Waals surface area contributed by atoms with Crippen molar-refractivity contribution in [3.8, 4) is 0 Å². The normalized spacial score (nSPS) is 11.1. The van der Waals surface area contributed by atoms with Gasteiger partial charge in [-0.05, 0) is 35.0 Å². The Morgan fingerprint density at radius 2 is 1.81 bits per heavy atom. The minimum atomic E-state index is 0.793. The van der Waals surface area contributed by atoms with Gasteiger partial charge in [0.05, 0.1) is 9.88 Å². The summed E-state index contributed by atoms with van der Waals surface area (Å²) in [4.78, 5) is 11.5. The van der Waals surface area contributed by atoms with E-state index >= 15 is 0 Å². The standard InChI is InChI=1S/C12H9NOS2/c1-13-12-4-8-2-7-3-9(6-14)15-10(7)5-11(8)16-12/h2-6,13H,1H3. The van der Waals surface area contributed by atoms with Gasteiger partial charge in [0.15, 0.2) is 6.29 Å². The van der Waals surface area contributed by atoms with E-state index in [0.717, 1.165) is 16.5 Å². The molecule has 0 aliphatic heterocycles. The van der Waals surface area contributed by atoms with Gasteiger partial charge in [0.2, 0.25) is 0 Å². The number of nitrogens with one attached hydrogen (secondary N) is 1. The molecule has 1 aromatic carbocycles. The Kier molecular flexibility index (Phi) is 2.19. The molecule has 0 saturated heterocycles. The minimum absolute atomic E-state index is 0.793. The third-order valence-corrected chi connectivity index (χ3v) is 4.68. The number of fused-ring (bicyclic) bond motifs is 2. The number of hydrogen-bond acceptors (Lipinski definition) is 4. The van der Waals surface area contributed by atoms with Gasteiger partial charge in [0.1, 0.15) is 0 Å². The zero-order valence-electron chi connectivity index (χ0n) is 8.61. The molecule has 2 heterocycles. The van der Waals surface area contributed by atoms with E-state index in [9.17, 15) is 4.79 Å². The molecule has 80 valence electrons. The van der Waals surface area contributed by atoms with Gasteiger partial charge in [-0.25, -0.2) is 0 Å². The summed E-state index contributed by atoms with van der Waals surface area (Å²) < 4.78 is 2.44. The van der Waals surface area contributed by atoms with Gasteiger partial charge >= 0.3 is 0 Å². The Morgan fingerprint density at radius 1 is 1.06 bits per heavy atom. The van der Waals surface area contributed by atoms with Gasteiger partial charge in [-0.15, -0.1) is 22.7 Å². The molecule has 4 heteroatoms. The second-order valence-electron chi connectivity index (χ2n) is 3.56. The summed E-state index contributed by atoms with van der Waals surface area (Å²) in [6, 6.07) is 8.39. The third-order valence-electron chi connectivity index (χ3n) is 2.54. The summed E-state index contributed by atoms with van der Waals surface area (Å²) >= 11 is 3.28. The highest BCUT2D eigenvalue weighted by Crippen LogP contribution is 2.35. The SMILES string of the molecule is CNc1cc2cc3cc(C=O)sc3cc2s1. The molecule has 0 saturated carbocycles. The number of carbonyl (C=O) groups excluding carboxylic acids is 1. The van der Waals surface area contributed by atoms with Crippen molar-refractivity contribution in [2.24, 2.45) is 0 Å². The molecular weight excluding hydrogens is 238 g/mol. The van der Waals surface area contributed by atoms with Crippen LogP contribution in [0.2, 0.25) is 0 Å². The predicted molar refractivity (Wildman–Crippen MR) is 72.1 cm³/mol. The maximum absolute atomic E-state index is 10.7. The van der Waals surface area contributed by atoms with Crippen LogP contribution < -0.4 is 5.32 Å². The summed E-state index contributed by atoms with van der Waals surface area (Å²) in [6.45, 7) is 0. The number of hydrogen-bond donors (Lipinski definition) is 1. The smallest absolute Gasteiger partial charge is 0.160 e. The number of carbonyl (C=O) groups is 1. The van der Waals surface area contributed by atoms with Crippen molar-refractivity contribution in [3.63, 3.8) is 0 Å².